The highest BCUT2D eigenvalue weighted by Gasteiger charge is 2.28. The van der Waals surface area contributed by atoms with Gasteiger partial charge in [0.1, 0.15) is 0 Å². The Labute approximate surface area is 77.3 Å². The zero-order valence-corrected chi connectivity index (χ0v) is 7.52. The summed E-state index contributed by atoms with van der Waals surface area (Å²) in [6.45, 7) is 0.993. The summed E-state index contributed by atoms with van der Waals surface area (Å²) in [5.74, 6) is 0. The molecular formula is C8H17NO4. The van der Waals surface area contributed by atoms with E-state index in [1.807, 2.05) is 0 Å². The van der Waals surface area contributed by atoms with Gasteiger partial charge in [-0.05, 0) is 6.42 Å². The Kier molecular flexibility index (Phi) is 4.61. The van der Waals surface area contributed by atoms with E-state index in [9.17, 15) is 5.11 Å². The van der Waals surface area contributed by atoms with E-state index in [1.54, 1.807) is 0 Å². The van der Waals surface area contributed by atoms with Crippen molar-refractivity contribution in [2.75, 3.05) is 19.7 Å². The Morgan fingerprint density at radius 3 is 2.77 bits per heavy atom. The molecule has 1 heterocycles. The Morgan fingerprint density at radius 2 is 2.08 bits per heavy atom. The number of nitrogens with one attached hydrogen (secondary N) is 1. The Bertz CT molecular complexity index is 144. The molecule has 0 amide bonds. The summed E-state index contributed by atoms with van der Waals surface area (Å²) in [5.41, 5.74) is 0. The zero-order chi connectivity index (χ0) is 9.68. The van der Waals surface area contributed by atoms with Crippen LogP contribution in [0.5, 0.6) is 0 Å². The van der Waals surface area contributed by atoms with Crippen LogP contribution in [0.25, 0.3) is 0 Å². The van der Waals surface area contributed by atoms with Crippen LogP contribution in [0, 0.1) is 0 Å². The number of aliphatic hydroxyl groups is 3. The highest BCUT2D eigenvalue weighted by molar-refractivity contribution is 4.76. The summed E-state index contributed by atoms with van der Waals surface area (Å²) in [6.07, 6.45) is -0.598. The van der Waals surface area contributed by atoms with Crippen molar-refractivity contribution in [2.45, 2.75) is 31.3 Å². The van der Waals surface area contributed by atoms with Crippen LogP contribution in [-0.4, -0.2) is 53.5 Å². The Morgan fingerprint density at radius 1 is 1.31 bits per heavy atom. The second-order valence-electron chi connectivity index (χ2n) is 3.20. The van der Waals surface area contributed by atoms with E-state index in [1.165, 1.54) is 0 Å². The number of hydrogen-bond donors (Lipinski definition) is 4. The van der Waals surface area contributed by atoms with E-state index in [2.05, 4.69) is 5.32 Å². The Hall–Kier alpha value is -0.200. The van der Waals surface area contributed by atoms with Gasteiger partial charge in [-0.15, -0.1) is 0 Å². The van der Waals surface area contributed by atoms with E-state index in [4.69, 9.17) is 14.9 Å². The van der Waals surface area contributed by atoms with Crippen molar-refractivity contribution in [1.29, 1.82) is 0 Å². The molecule has 0 aromatic carbocycles. The largest absolute Gasteiger partial charge is 0.395 e. The van der Waals surface area contributed by atoms with E-state index >= 15 is 0 Å². The number of ether oxygens (including phenoxy) is 1. The lowest BCUT2D eigenvalue weighted by Gasteiger charge is -2.31. The molecule has 4 N–H and O–H groups in total. The molecule has 0 aromatic rings. The maximum Gasteiger partial charge on any atom is 0.155 e. The molecule has 0 saturated carbocycles. The third-order valence-corrected chi connectivity index (χ3v) is 2.10. The van der Waals surface area contributed by atoms with Gasteiger partial charge < -0.3 is 25.4 Å². The lowest BCUT2D eigenvalue weighted by Crippen LogP contribution is -2.45. The molecule has 1 saturated heterocycles. The number of hydrogen-bond acceptors (Lipinski definition) is 5. The predicted molar refractivity (Wildman–Crippen MR) is 46.1 cm³/mol. The van der Waals surface area contributed by atoms with Crippen LogP contribution >= 0.6 is 0 Å². The summed E-state index contributed by atoms with van der Waals surface area (Å²) in [6, 6.07) is 0. The smallest absolute Gasteiger partial charge is 0.155 e. The van der Waals surface area contributed by atoms with E-state index in [0.29, 0.717) is 25.9 Å². The fraction of sp³-hybridized carbons (Fsp3) is 1.00. The van der Waals surface area contributed by atoms with Crippen LogP contribution in [-0.2, 0) is 4.74 Å². The van der Waals surface area contributed by atoms with Crippen LogP contribution in [0.3, 0.4) is 0 Å². The molecule has 1 fully saturated rings. The monoisotopic (exact) mass is 191 g/mol. The highest BCUT2D eigenvalue weighted by atomic mass is 16.6. The molecule has 1 unspecified atom stereocenters. The van der Waals surface area contributed by atoms with Crippen molar-refractivity contribution >= 4 is 0 Å². The van der Waals surface area contributed by atoms with Crippen molar-refractivity contribution in [2.24, 2.45) is 0 Å². The molecule has 5 heteroatoms. The van der Waals surface area contributed by atoms with Gasteiger partial charge in [0.2, 0.25) is 0 Å². The first-order chi connectivity index (χ1) is 6.24. The summed E-state index contributed by atoms with van der Waals surface area (Å²) in [7, 11) is 0. The van der Waals surface area contributed by atoms with Crippen LogP contribution in [0.2, 0.25) is 0 Å². The van der Waals surface area contributed by atoms with Crippen molar-refractivity contribution < 1.29 is 20.1 Å². The lowest BCUT2D eigenvalue weighted by molar-refractivity contribution is -0.196. The van der Waals surface area contributed by atoms with Gasteiger partial charge >= 0.3 is 0 Å². The second-order valence-corrected chi connectivity index (χ2v) is 3.20. The standard InChI is InChI=1S/C8H17NO4/c10-4-3-9-5-7-6(11)1-2-8(12)13-7/h6-12H,1-5H2/t6-,7?,8-/m0/s1. The van der Waals surface area contributed by atoms with Crippen molar-refractivity contribution in [3.05, 3.63) is 0 Å². The average molecular weight is 191 g/mol. The highest BCUT2D eigenvalue weighted by Crippen LogP contribution is 2.17. The maximum absolute atomic E-state index is 9.45. The topological polar surface area (TPSA) is 82.0 Å². The maximum atomic E-state index is 9.45. The van der Waals surface area contributed by atoms with Crippen LogP contribution in [0.4, 0.5) is 0 Å². The molecule has 13 heavy (non-hydrogen) atoms. The second kappa shape index (κ2) is 5.51. The van der Waals surface area contributed by atoms with Crippen molar-refractivity contribution in [3.63, 3.8) is 0 Å². The summed E-state index contributed by atoms with van der Waals surface area (Å²) in [5, 5.41) is 30.0. The fourth-order valence-corrected chi connectivity index (χ4v) is 1.37. The molecule has 0 aliphatic carbocycles. The van der Waals surface area contributed by atoms with E-state index < -0.39 is 12.4 Å². The summed E-state index contributed by atoms with van der Waals surface area (Å²) in [4.78, 5) is 0. The molecule has 1 rings (SSSR count). The molecule has 78 valence electrons. The molecule has 3 atom stereocenters. The SMILES string of the molecule is OCCNCC1O[C@H](O)CC[C@@H]1O. The van der Waals surface area contributed by atoms with Gasteiger partial charge in [-0.3, -0.25) is 0 Å². The molecule has 0 radical (unpaired) electrons. The number of rotatable bonds is 4. The normalized spacial score (nSPS) is 34.8. The molecule has 0 spiro atoms. The van der Waals surface area contributed by atoms with Crippen LogP contribution < -0.4 is 5.32 Å². The minimum absolute atomic E-state index is 0.0609. The third-order valence-electron chi connectivity index (χ3n) is 2.10. The van der Waals surface area contributed by atoms with Gasteiger partial charge in [0.25, 0.3) is 0 Å². The van der Waals surface area contributed by atoms with Crippen molar-refractivity contribution in [3.8, 4) is 0 Å². The minimum atomic E-state index is -0.760. The van der Waals surface area contributed by atoms with Crippen LogP contribution in [0.1, 0.15) is 12.8 Å². The van der Waals surface area contributed by atoms with Crippen LogP contribution in [0.15, 0.2) is 0 Å². The van der Waals surface area contributed by atoms with E-state index in [0.717, 1.165) is 0 Å². The van der Waals surface area contributed by atoms with Gasteiger partial charge in [0.15, 0.2) is 6.29 Å². The molecule has 0 bridgehead atoms. The molecular weight excluding hydrogens is 174 g/mol. The van der Waals surface area contributed by atoms with Gasteiger partial charge in [-0.2, -0.15) is 0 Å². The first-order valence-corrected chi connectivity index (χ1v) is 4.57. The predicted octanol–water partition coefficient (Wildman–Crippen LogP) is -1.57. The first kappa shape index (κ1) is 10.9. The van der Waals surface area contributed by atoms with Crippen molar-refractivity contribution in [1.82, 2.24) is 5.32 Å². The van der Waals surface area contributed by atoms with E-state index in [-0.39, 0.29) is 12.7 Å². The zero-order valence-electron chi connectivity index (χ0n) is 7.52. The number of aliphatic hydroxyl groups excluding tert-OH is 3. The lowest BCUT2D eigenvalue weighted by atomic mass is 10.0. The van der Waals surface area contributed by atoms with Gasteiger partial charge in [-0.25, -0.2) is 0 Å². The molecule has 5 nitrogen and oxygen atoms in total. The first-order valence-electron chi connectivity index (χ1n) is 4.57. The molecule has 0 aromatic heterocycles. The van der Waals surface area contributed by atoms with Gasteiger partial charge in [-0.1, -0.05) is 0 Å². The quantitative estimate of drug-likeness (QED) is 0.403. The Balaban J connectivity index is 2.21. The van der Waals surface area contributed by atoms with Gasteiger partial charge in [0.05, 0.1) is 18.8 Å². The van der Waals surface area contributed by atoms with Gasteiger partial charge in [0, 0.05) is 19.5 Å². The molecule has 1 aliphatic heterocycles. The minimum Gasteiger partial charge on any atom is -0.395 e. The third kappa shape index (κ3) is 3.58. The summed E-state index contributed by atoms with van der Waals surface area (Å²) >= 11 is 0. The molecule has 1 aliphatic rings. The average Bonchev–Trinajstić information content (AvgIpc) is 2.11. The fourth-order valence-electron chi connectivity index (χ4n) is 1.37. The summed E-state index contributed by atoms with van der Waals surface area (Å²) < 4.78 is 5.11.